The second-order valence-corrected chi connectivity index (χ2v) is 8.26. The molecule has 0 spiro atoms. The average Bonchev–Trinajstić information content (AvgIpc) is 3.38. The number of benzene rings is 1. The van der Waals surface area contributed by atoms with Crippen molar-refractivity contribution in [3.05, 3.63) is 35.9 Å². The summed E-state index contributed by atoms with van der Waals surface area (Å²) < 4.78 is 0. The normalized spacial score (nSPS) is 19.9. The number of piperidine rings is 1. The molecule has 2 aromatic rings. The Balaban J connectivity index is 1.31. The number of nitrogens with zero attached hydrogens (tertiary/aromatic N) is 4. The molecule has 0 saturated carbocycles. The fourth-order valence-corrected chi connectivity index (χ4v) is 4.70. The van der Waals surface area contributed by atoms with Crippen molar-refractivity contribution >= 4 is 33.4 Å². The summed E-state index contributed by atoms with van der Waals surface area (Å²) in [5.74, 6) is 0.197. The Morgan fingerprint density at radius 1 is 1.14 bits per heavy atom. The molecule has 0 unspecified atom stereocenters. The van der Waals surface area contributed by atoms with E-state index in [2.05, 4.69) is 32.5 Å². The van der Waals surface area contributed by atoms with E-state index in [1.54, 1.807) is 4.90 Å². The number of amides is 2. The van der Waals surface area contributed by atoms with Crippen molar-refractivity contribution in [2.45, 2.75) is 32.1 Å². The maximum atomic E-state index is 12.6. The lowest BCUT2D eigenvalue weighted by Gasteiger charge is -2.31. The fourth-order valence-electron chi connectivity index (χ4n) is 3.78. The molecule has 2 fully saturated rings. The smallest absolute Gasteiger partial charge is 0.228 e. The quantitative estimate of drug-likeness (QED) is 0.806. The van der Waals surface area contributed by atoms with Crippen LogP contribution < -0.4 is 15.1 Å². The molecule has 0 bridgehead atoms. The van der Waals surface area contributed by atoms with Gasteiger partial charge in [0.1, 0.15) is 0 Å². The zero-order chi connectivity index (χ0) is 19.3. The topological polar surface area (TPSA) is 78.4 Å². The summed E-state index contributed by atoms with van der Waals surface area (Å²) in [5, 5.41) is 13.0. The third kappa shape index (κ3) is 4.32. The largest absolute Gasteiger partial charge is 0.355 e. The third-order valence-electron chi connectivity index (χ3n) is 5.33. The van der Waals surface area contributed by atoms with Crippen molar-refractivity contribution in [1.82, 2.24) is 15.5 Å². The van der Waals surface area contributed by atoms with Crippen molar-refractivity contribution < 1.29 is 9.59 Å². The number of hydrogen-bond acceptors (Lipinski definition) is 6. The summed E-state index contributed by atoms with van der Waals surface area (Å²) in [6.07, 6.45) is 4.15. The lowest BCUT2D eigenvalue weighted by Crippen LogP contribution is -2.43. The van der Waals surface area contributed by atoms with Crippen molar-refractivity contribution in [1.29, 1.82) is 0 Å². The predicted octanol–water partition coefficient (Wildman–Crippen LogP) is 2.24. The van der Waals surface area contributed by atoms with Gasteiger partial charge in [0.25, 0.3) is 0 Å². The van der Waals surface area contributed by atoms with Gasteiger partial charge in [0.05, 0.1) is 5.92 Å². The molecule has 0 radical (unpaired) electrons. The van der Waals surface area contributed by atoms with Gasteiger partial charge >= 0.3 is 0 Å². The first-order chi connectivity index (χ1) is 13.7. The van der Waals surface area contributed by atoms with Crippen LogP contribution in [-0.4, -0.2) is 48.2 Å². The first kappa shape index (κ1) is 18.9. The molecular weight excluding hydrogens is 374 g/mol. The van der Waals surface area contributed by atoms with E-state index in [-0.39, 0.29) is 17.7 Å². The molecule has 0 aliphatic carbocycles. The van der Waals surface area contributed by atoms with E-state index in [1.807, 2.05) is 18.2 Å². The van der Waals surface area contributed by atoms with Gasteiger partial charge in [-0.2, -0.15) is 0 Å². The van der Waals surface area contributed by atoms with Crippen molar-refractivity contribution in [3.63, 3.8) is 0 Å². The van der Waals surface area contributed by atoms with Gasteiger partial charge in [0.2, 0.25) is 22.1 Å². The molecule has 1 atom stereocenters. The third-order valence-corrected chi connectivity index (χ3v) is 6.33. The van der Waals surface area contributed by atoms with Gasteiger partial charge in [-0.05, 0) is 31.2 Å². The van der Waals surface area contributed by atoms with Crippen LogP contribution >= 0.6 is 11.3 Å². The maximum Gasteiger partial charge on any atom is 0.228 e. The summed E-state index contributed by atoms with van der Waals surface area (Å²) in [7, 11) is 0. The van der Waals surface area contributed by atoms with Gasteiger partial charge in [0, 0.05) is 32.6 Å². The Morgan fingerprint density at radius 3 is 2.75 bits per heavy atom. The fraction of sp³-hybridized carbons (Fsp3) is 0.500. The van der Waals surface area contributed by atoms with Gasteiger partial charge in [-0.3, -0.25) is 14.5 Å². The second kappa shape index (κ2) is 8.68. The summed E-state index contributed by atoms with van der Waals surface area (Å²) in [6.45, 7) is 2.90. The number of rotatable bonds is 6. The molecule has 3 heterocycles. The van der Waals surface area contributed by atoms with E-state index in [0.29, 0.717) is 24.6 Å². The molecule has 1 aromatic heterocycles. The highest BCUT2D eigenvalue weighted by molar-refractivity contribution is 7.19. The maximum absolute atomic E-state index is 12.6. The van der Waals surface area contributed by atoms with Crippen LogP contribution in [0.3, 0.4) is 0 Å². The first-order valence-corrected chi connectivity index (χ1v) is 10.7. The Hall–Kier alpha value is -2.48. The molecule has 7 nitrogen and oxygen atoms in total. The molecule has 1 N–H and O–H groups in total. The molecule has 1 aromatic carbocycles. The summed E-state index contributed by atoms with van der Waals surface area (Å²) in [4.78, 5) is 28.4. The molecule has 2 aliphatic heterocycles. The Labute approximate surface area is 168 Å². The molecule has 4 rings (SSSR count). The highest BCUT2D eigenvalue weighted by Gasteiger charge is 2.29. The predicted molar refractivity (Wildman–Crippen MR) is 110 cm³/mol. The first-order valence-electron chi connectivity index (χ1n) is 9.91. The molecule has 2 saturated heterocycles. The van der Waals surface area contributed by atoms with Gasteiger partial charge in [-0.1, -0.05) is 41.7 Å². The van der Waals surface area contributed by atoms with Crippen LogP contribution in [-0.2, 0) is 16.0 Å². The van der Waals surface area contributed by atoms with Crippen molar-refractivity contribution in [2.24, 2.45) is 5.92 Å². The van der Waals surface area contributed by atoms with Gasteiger partial charge < -0.3 is 10.2 Å². The van der Waals surface area contributed by atoms with Crippen LogP contribution in [0.2, 0.25) is 0 Å². The minimum atomic E-state index is -0.0368. The van der Waals surface area contributed by atoms with Crippen LogP contribution in [0, 0.1) is 5.92 Å². The number of aromatic nitrogens is 2. The van der Waals surface area contributed by atoms with E-state index in [9.17, 15) is 9.59 Å². The minimum absolute atomic E-state index is 0.0368. The molecule has 28 heavy (non-hydrogen) atoms. The Bertz CT molecular complexity index is 825. The van der Waals surface area contributed by atoms with Crippen LogP contribution in [0.15, 0.2) is 30.3 Å². The average molecular weight is 400 g/mol. The van der Waals surface area contributed by atoms with Gasteiger partial charge in [-0.15, -0.1) is 10.2 Å². The highest BCUT2D eigenvalue weighted by Crippen LogP contribution is 2.32. The molecule has 2 aliphatic rings. The van der Waals surface area contributed by atoms with Crippen LogP contribution in [0.25, 0.3) is 0 Å². The zero-order valence-electron chi connectivity index (χ0n) is 15.8. The van der Waals surface area contributed by atoms with Crippen molar-refractivity contribution in [2.75, 3.05) is 36.0 Å². The van der Waals surface area contributed by atoms with E-state index < -0.39 is 0 Å². The van der Waals surface area contributed by atoms with Crippen LogP contribution in [0.5, 0.6) is 0 Å². The monoisotopic (exact) mass is 399 g/mol. The number of nitrogens with one attached hydrogen (secondary N) is 1. The summed E-state index contributed by atoms with van der Waals surface area (Å²) >= 11 is 1.45. The molecule has 148 valence electrons. The number of carbonyl (C=O) groups is 2. The van der Waals surface area contributed by atoms with Gasteiger partial charge in [0.15, 0.2) is 0 Å². The zero-order valence-corrected chi connectivity index (χ0v) is 16.7. The van der Waals surface area contributed by atoms with E-state index in [4.69, 9.17) is 0 Å². The lowest BCUT2D eigenvalue weighted by atomic mass is 9.97. The highest BCUT2D eigenvalue weighted by atomic mass is 32.1. The summed E-state index contributed by atoms with van der Waals surface area (Å²) in [6, 6.07) is 10.2. The van der Waals surface area contributed by atoms with Crippen LogP contribution in [0.1, 0.15) is 31.2 Å². The Kier molecular flexibility index (Phi) is 5.85. The second-order valence-electron chi connectivity index (χ2n) is 7.33. The minimum Gasteiger partial charge on any atom is -0.355 e. The van der Waals surface area contributed by atoms with E-state index in [0.717, 1.165) is 43.9 Å². The SMILES string of the molecule is O=C(NCCc1ccccc1)[C@@H]1CCCN(c2nnc(N3CCCC3=O)s2)C1. The van der Waals surface area contributed by atoms with Crippen LogP contribution in [0.4, 0.5) is 10.3 Å². The molecule has 2 amide bonds. The molecule has 8 heteroatoms. The lowest BCUT2D eigenvalue weighted by molar-refractivity contribution is -0.125. The van der Waals surface area contributed by atoms with Crippen molar-refractivity contribution in [3.8, 4) is 0 Å². The standard InChI is InChI=1S/C20H25N5O2S/c26-17-9-5-13-25(17)20-23-22-19(28-20)24-12-4-8-16(14-24)18(27)21-11-10-15-6-2-1-3-7-15/h1-3,6-7,16H,4-5,8-14H2,(H,21,27)/t16-/m1/s1. The molecular formula is C20H25N5O2S. The summed E-state index contributed by atoms with van der Waals surface area (Å²) in [5.41, 5.74) is 1.23. The van der Waals surface area contributed by atoms with E-state index >= 15 is 0 Å². The number of anilines is 2. The Morgan fingerprint density at radius 2 is 1.96 bits per heavy atom. The number of hydrogen-bond donors (Lipinski definition) is 1. The van der Waals surface area contributed by atoms with Gasteiger partial charge in [-0.25, -0.2) is 0 Å². The van der Waals surface area contributed by atoms with E-state index in [1.165, 1.54) is 16.9 Å². The number of carbonyl (C=O) groups excluding carboxylic acids is 2.